The van der Waals surface area contributed by atoms with E-state index in [1.54, 1.807) is 24.3 Å². The predicted molar refractivity (Wildman–Crippen MR) is 75.5 cm³/mol. The number of nitrogens with one attached hydrogen (secondary N) is 1. The number of benzene rings is 1. The molecule has 1 atom stereocenters. The van der Waals surface area contributed by atoms with Crippen LogP contribution in [-0.4, -0.2) is 23.0 Å². The van der Waals surface area contributed by atoms with Crippen molar-refractivity contribution in [1.82, 2.24) is 0 Å². The van der Waals surface area contributed by atoms with Crippen molar-refractivity contribution in [3.63, 3.8) is 0 Å². The fourth-order valence-electron chi connectivity index (χ4n) is 1.16. The van der Waals surface area contributed by atoms with Crippen LogP contribution >= 0.6 is 27.7 Å². The number of carbonyl (C=O) groups is 2. The molecule has 1 amide bonds. The summed E-state index contributed by atoms with van der Waals surface area (Å²) in [7, 11) is 0. The van der Waals surface area contributed by atoms with Crippen LogP contribution in [0.5, 0.6) is 0 Å². The minimum Gasteiger partial charge on any atom is -0.326 e. The molecule has 1 N–H and O–H groups in total. The van der Waals surface area contributed by atoms with E-state index in [4.69, 9.17) is 0 Å². The summed E-state index contributed by atoms with van der Waals surface area (Å²) in [5.74, 6) is -1.37. The number of anilines is 1. The first-order valence-electron chi connectivity index (χ1n) is 5.50. The fourth-order valence-corrected chi connectivity index (χ4v) is 2.14. The second kappa shape index (κ2) is 7.12. The highest BCUT2D eigenvalue weighted by molar-refractivity contribution is 9.10. The number of hydrogen-bond acceptors (Lipinski definition) is 3. The van der Waals surface area contributed by atoms with Gasteiger partial charge in [-0.1, -0.05) is 34.6 Å². The van der Waals surface area contributed by atoms with Gasteiger partial charge in [-0.3, -0.25) is 9.59 Å². The van der Waals surface area contributed by atoms with Crippen molar-refractivity contribution in [3.8, 4) is 0 Å². The minimum absolute atomic E-state index is 0.101. The van der Waals surface area contributed by atoms with E-state index in [1.165, 1.54) is 6.92 Å². The number of halogens is 4. The van der Waals surface area contributed by atoms with Crippen LogP contribution in [-0.2, 0) is 9.59 Å². The number of carbonyl (C=O) groups excluding carboxylic acids is 2. The van der Waals surface area contributed by atoms with E-state index in [1.807, 2.05) is 0 Å². The summed E-state index contributed by atoms with van der Waals surface area (Å²) in [5.41, 5.74) is 0.539. The van der Waals surface area contributed by atoms with Gasteiger partial charge in [0.25, 0.3) is 5.12 Å². The molecule has 1 aromatic rings. The zero-order chi connectivity index (χ0) is 15.3. The smallest absolute Gasteiger partial charge is 0.326 e. The van der Waals surface area contributed by atoms with Gasteiger partial charge in [0.05, 0.1) is 0 Å². The average Bonchev–Trinajstić information content (AvgIpc) is 2.36. The van der Waals surface area contributed by atoms with Crippen LogP contribution in [0.4, 0.5) is 18.9 Å². The van der Waals surface area contributed by atoms with E-state index in [2.05, 4.69) is 21.2 Å². The van der Waals surface area contributed by atoms with Gasteiger partial charge in [0.1, 0.15) is 0 Å². The molecule has 0 aliphatic carbocycles. The standard InChI is InChI=1S/C12H11BrF3NO2S/c1-7(6-20-11(19)12(14,15)16)10(18)17-9-4-2-8(13)3-5-9/h2-5,7H,6H2,1H3,(H,17,18). The summed E-state index contributed by atoms with van der Waals surface area (Å²) >= 11 is 3.34. The van der Waals surface area contributed by atoms with Gasteiger partial charge < -0.3 is 5.32 Å². The maximum Gasteiger partial charge on any atom is 0.460 e. The summed E-state index contributed by atoms with van der Waals surface area (Å²) in [6.07, 6.45) is -4.87. The number of amides is 1. The Morgan fingerprint density at radius 3 is 2.35 bits per heavy atom. The van der Waals surface area contributed by atoms with Crippen molar-refractivity contribution in [2.24, 2.45) is 5.92 Å². The summed E-state index contributed by atoms with van der Waals surface area (Å²) in [4.78, 5) is 22.4. The van der Waals surface area contributed by atoms with Crippen molar-refractivity contribution in [3.05, 3.63) is 28.7 Å². The van der Waals surface area contributed by atoms with Crippen molar-refractivity contribution >= 4 is 44.4 Å². The van der Waals surface area contributed by atoms with Crippen LogP contribution in [0.2, 0.25) is 0 Å². The zero-order valence-electron chi connectivity index (χ0n) is 10.3. The average molecular weight is 370 g/mol. The molecule has 1 unspecified atom stereocenters. The van der Waals surface area contributed by atoms with Crippen molar-refractivity contribution in [1.29, 1.82) is 0 Å². The van der Waals surface area contributed by atoms with Gasteiger partial charge in [0, 0.05) is 21.8 Å². The Morgan fingerprint density at radius 1 is 1.30 bits per heavy atom. The molecule has 0 spiro atoms. The van der Waals surface area contributed by atoms with Crippen LogP contribution < -0.4 is 5.32 Å². The maximum atomic E-state index is 12.0. The molecule has 0 aliphatic rings. The van der Waals surface area contributed by atoms with Gasteiger partial charge in [0.15, 0.2) is 0 Å². The Hall–Kier alpha value is -1.02. The SMILES string of the molecule is CC(CSC(=O)C(F)(F)F)C(=O)Nc1ccc(Br)cc1. The second-order valence-corrected chi connectivity index (χ2v) is 5.90. The molecular formula is C12H11BrF3NO2S. The molecule has 0 radical (unpaired) electrons. The second-order valence-electron chi connectivity index (χ2n) is 3.99. The molecule has 0 aromatic heterocycles. The summed E-state index contributed by atoms with van der Waals surface area (Å²) in [5, 5.41) is 0.678. The van der Waals surface area contributed by atoms with E-state index in [0.717, 1.165) is 4.47 Å². The van der Waals surface area contributed by atoms with E-state index in [0.29, 0.717) is 5.69 Å². The number of alkyl halides is 3. The summed E-state index contributed by atoms with van der Waals surface area (Å²) in [6.45, 7) is 1.46. The Bertz CT molecular complexity index is 490. The molecule has 0 aliphatic heterocycles. The predicted octanol–water partition coefficient (Wildman–Crippen LogP) is 3.85. The largest absolute Gasteiger partial charge is 0.460 e. The molecule has 0 fully saturated rings. The zero-order valence-corrected chi connectivity index (χ0v) is 12.7. The Kier molecular flexibility index (Phi) is 6.07. The van der Waals surface area contributed by atoms with E-state index in [9.17, 15) is 22.8 Å². The van der Waals surface area contributed by atoms with Gasteiger partial charge in [-0.15, -0.1) is 0 Å². The Balaban J connectivity index is 2.47. The molecule has 1 rings (SSSR count). The quantitative estimate of drug-likeness (QED) is 0.876. The van der Waals surface area contributed by atoms with Crippen LogP contribution in [0, 0.1) is 5.92 Å². The number of thioether (sulfide) groups is 1. The highest BCUT2D eigenvalue weighted by Crippen LogP contribution is 2.25. The van der Waals surface area contributed by atoms with Crippen molar-refractivity contribution < 1.29 is 22.8 Å². The van der Waals surface area contributed by atoms with Crippen LogP contribution in [0.3, 0.4) is 0 Å². The number of rotatable bonds is 4. The fraction of sp³-hybridized carbons (Fsp3) is 0.333. The van der Waals surface area contributed by atoms with Crippen molar-refractivity contribution in [2.45, 2.75) is 13.1 Å². The lowest BCUT2D eigenvalue weighted by atomic mass is 10.2. The highest BCUT2D eigenvalue weighted by atomic mass is 79.9. The van der Waals surface area contributed by atoms with E-state index >= 15 is 0 Å². The lowest BCUT2D eigenvalue weighted by Crippen LogP contribution is -2.25. The molecule has 3 nitrogen and oxygen atoms in total. The molecule has 20 heavy (non-hydrogen) atoms. The van der Waals surface area contributed by atoms with Gasteiger partial charge >= 0.3 is 6.18 Å². The monoisotopic (exact) mass is 369 g/mol. The van der Waals surface area contributed by atoms with Crippen LogP contribution in [0.1, 0.15) is 6.92 Å². The normalized spacial score (nSPS) is 12.8. The van der Waals surface area contributed by atoms with Crippen LogP contribution in [0.15, 0.2) is 28.7 Å². The van der Waals surface area contributed by atoms with Gasteiger partial charge in [-0.2, -0.15) is 13.2 Å². The molecule has 1 aromatic carbocycles. The lowest BCUT2D eigenvalue weighted by Gasteiger charge is -2.12. The van der Waals surface area contributed by atoms with Gasteiger partial charge in [0.2, 0.25) is 5.91 Å². The van der Waals surface area contributed by atoms with Crippen LogP contribution in [0.25, 0.3) is 0 Å². The first-order valence-corrected chi connectivity index (χ1v) is 7.28. The topological polar surface area (TPSA) is 46.2 Å². The third-order valence-electron chi connectivity index (χ3n) is 2.26. The third-order valence-corrected chi connectivity index (χ3v) is 3.94. The molecule has 0 bridgehead atoms. The Morgan fingerprint density at radius 2 is 1.85 bits per heavy atom. The van der Waals surface area contributed by atoms with E-state index < -0.39 is 23.1 Å². The summed E-state index contributed by atoms with van der Waals surface area (Å²) in [6, 6.07) is 6.76. The van der Waals surface area contributed by atoms with Gasteiger partial charge in [-0.05, 0) is 24.3 Å². The first kappa shape index (κ1) is 17.0. The first-order chi connectivity index (χ1) is 9.20. The third kappa shape index (κ3) is 5.54. The van der Waals surface area contributed by atoms with Crippen molar-refractivity contribution in [2.75, 3.05) is 11.1 Å². The number of hydrogen-bond donors (Lipinski definition) is 1. The molecule has 0 saturated carbocycles. The molecule has 0 heterocycles. The van der Waals surface area contributed by atoms with Gasteiger partial charge in [-0.25, -0.2) is 0 Å². The minimum atomic E-state index is -4.87. The molecule has 0 saturated heterocycles. The molecule has 8 heteroatoms. The molecule has 110 valence electrons. The van der Waals surface area contributed by atoms with E-state index in [-0.39, 0.29) is 17.5 Å². The maximum absolute atomic E-state index is 12.0. The molecular weight excluding hydrogens is 359 g/mol. The summed E-state index contributed by atoms with van der Waals surface area (Å²) < 4.78 is 36.9. The highest BCUT2D eigenvalue weighted by Gasteiger charge is 2.39. The lowest BCUT2D eigenvalue weighted by molar-refractivity contribution is -0.160. The Labute approximate surface area is 126 Å².